The summed E-state index contributed by atoms with van der Waals surface area (Å²) < 4.78 is 24.4. The molecular weight excluding hydrogens is 334 g/mol. The molecule has 0 atom stereocenters. The van der Waals surface area contributed by atoms with Gasteiger partial charge in [-0.05, 0) is 49.4 Å². The van der Waals surface area contributed by atoms with E-state index in [1.807, 2.05) is 25.1 Å². The SMILES string of the molecule is Cc1cc(-c2ccc(S(N)(=O)=O)cc2)nn1-c1ccc(Cl)cc1. The number of sulfonamides is 1. The van der Waals surface area contributed by atoms with Crippen molar-refractivity contribution < 1.29 is 8.42 Å². The molecule has 0 aliphatic rings. The Labute approximate surface area is 139 Å². The lowest BCUT2D eigenvalue weighted by atomic mass is 10.1. The topological polar surface area (TPSA) is 78.0 Å². The molecule has 0 fully saturated rings. The van der Waals surface area contributed by atoms with E-state index in [1.165, 1.54) is 12.1 Å². The highest BCUT2D eigenvalue weighted by molar-refractivity contribution is 7.89. The van der Waals surface area contributed by atoms with Gasteiger partial charge in [0.1, 0.15) is 0 Å². The van der Waals surface area contributed by atoms with Crippen LogP contribution in [0.2, 0.25) is 5.02 Å². The molecule has 5 nitrogen and oxygen atoms in total. The Bertz CT molecular complexity index is 946. The normalized spacial score (nSPS) is 11.6. The van der Waals surface area contributed by atoms with E-state index in [0.717, 1.165) is 22.6 Å². The number of primary sulfonamides is 1. The highest BCUT2D eigenvalue weighted by Gasteiger charge is 2.11. The molecule has 0 amide bonds. The fourth-order valence-corrected chi connectivity index (χ4v) is 2.92. The number of aryl methyl sites for hydroxylation is 1. The number of aromatic nitrogens is 2. The van der Waals surface area contributed by atoms with E-state index in [-0.39, 0.29) is 4.90 Å². The number of hydrogen-bond acceptors (Lipinski definition) is 3. The van der Waals surface area contributed by atoms with Crippen molar-refractivity contribution in [1.82, 2.24) is 9.78 Å². The molecule has 7 heteroatoms. The van der Waals surface area contributed by atoms with Gasteiger partial charge in [-0.3, -0.25) is 0 Å². The van der Waals surface area contributed by atoms with Gasteiger partial charge in [0.25, 0.3) is 0 Å². The standard InChI is InChI=1S/C16H14ClN3O2S/c1-11-10-16(12-2-8-15(9-3-12)23(18,21)22)19-20(11)14-6-4-13(17)5-7-14/h2-10H,1H3,(H2,18,21,22). The Morgan fingerprint density at radius 1 is 1.04 bits per heavy atom. The Hall–Kier alpha value is -2.15. The number of halogens is 1. The molecule has 118 valence electrons. The summed E-state index contributed by atoms with van der Waals surface area (Å²) >= 11 is 5.90. The van der Waals surface area contributed by atoms with Gasteiger partial charge in [-0.15, -0.1) is 0 Å². The number of rotatable bonds is 3. The molecule has 0 aliphatic carbocycles. The van der Waals surface area contributed by atoms with E-state index >= 15 is 0 Å². The van der Waals surface area contributed by atoms with Crippen molar-refractivity contribution in [3.8, 4) is 16.9 Å². The van der Waals surface area contributed by atoms with Gasteiger partial charge >= 0.3 is 0 Å². The molecule has 0 unspecified atom stereocenters. The van der Waals surface area contributed by atoms with Crippen molar-refractivity contribution in [2.75, 3.05) is 0 Å². The van der Waals surface area contributed by atoms with Crippen LogP contribution in [0.25, 0.3) is 16.9 Å². The second-order valence-electron chi connectivity index (χ2n) is 5.13. The molecular formula is C16H14ClN3O2S. The van der Waals surface area contributed by atoms with Crippen molar-refractivity contribution in [1.29, 1.82) is 0 Å². The van der Waals surface area contributed by atoms with Gasteiger partial charge < -0.3 is 0 Å². The zero-order valence-electron chi connectivity index (χ0n) is 12.3. The molecule has 0 saturated heterocycles. The molecule has 0 spiro atoms. The minimum Gasteiger partial charge on any atom is -0.237 e. The van der Waals surface area contributed by atoms with Crippen LogP contribution in [-0.4, -0.2) is 18.2 Å². The number of nitrogens with two attached hydrogens (primary N) is 1. The van der Waals surface area contributed by atoms with Crippen LogP contribution < -0.4 is 5.14 Å². The maximum Gasteiger partial charge on any atom is 0.238 e. The van der Waals surface area contributed by atoms with Crippen LogP contribution in [0.1, 0.15) is 5.69 Å². The van der Waals surface area contributed by atoms with Gasteiger partial charge in [0.15, 0.2) is 0 Å². The summed E-state index contributed by atoms with van der Waals surface area (Å²) in [4.78, 5) is 0.0788. The minimum atomic E-state index is -3.69. The molecule has 23 heavy (non-hydrogen) atoms. The van der Waals surface area contributed by atoms with Crippen LogP contribution >= 0.6 is 11.6 Å². The van der Waals surface area contributed by atoms with Gasteiger partial charge in [-0.1, -0.05) is 23.7 Å². The fourth-order valence-electron chi connectivity index (χ4n) is 2.27. The quantitative estimate of drug-likeness (QED) is 0.790. The van der Waals surface area contributed by atoms with Gasteiger partial charge in [-0.25, -0.2) is 18.2 Å². The highest BCUT2D eigenvalue weighted by Crippen LogP contribution is 2.23. The van der Waals surface area contributed by atoms with Gasteiger partial charge in [0.05, 0.1) is 16.3 Å². The number of nitrogens with zero attached hydrogens (tertiary/aromatic N) is 2. The van der Waals surface area contributed by atoms with Gasteiger partial charge in [-0.2, -0.15) is 5.10 Å². The summed E-state index contributed by atoms with van der Waals surface area (Å²) in [5.74, 6) is 0. The molecule has 0 radical (unpaired) electrons. The van der Waals surface area contributed by atoms with Crippen LogP contribution in [0, 0.1) is 6.92 Å². The zero-order chi connectivity index (χ0) is 16.6. The molecule has 0 aliphatic heterocycles. The van der Waals surface area contributed by atoms with E-state index in [1.54, 1.807) is 28.9 Å². The zero-order valence-corrected chi connectivity index (χ0v) is 13.8. The van der Waals surface area contributed by atoms with E-state index in [2.05, 4.69) is 5.10 Å². The molecule has 3 aromatic rings. The largest absolute Gasteiger partial charge is 0.238 e. The lowest BCUT2D eigenvalue weighted by Crippen LogP contribution is -2.11. The molecule has 1 aromatic heterocycles. The van der Waals surface area contributed by atoms with Crippen LogP contribution in [0.15, 0.2) is 59.5 Å². The molecule has 0 bridgehead atoms. The molecule has 2 N–H and O–H groups in total. The Kier molecular flexibility index (Phi) is 3.97. The third-order valence-corrected chi connectivity index (χ3v) is 4.62. The Morgan fingerprint density at radius 2 is 1.65 bits per heavy atom. The first kappa shape index (κ1) is 15.7. The number of benzene rings is 2. The Balaban J connectivity index is 1.99. The lowest BCUT2D eigenvalue weighted by molar-refractivity contribution is 0.598. The maximum atomic E-state index is 11.3. The van der Waals surface area contributed by atoms with Crippen LogP contribution in [-0.2, 0) is 10.0 Å². The average molecular weight is 348 g/mol. The summed E-state index contributed by atoms with van der Waals surface area (Å²) in [5.41, 5.74) is 3.42. The Morgan fingerprint density at radius 3 is 2.22 bits per heavy atom. The molecule has 0 saturated carbocycles. The minimum absolute atomic E-state index is 0.0788. The van der Waals surface area contributed by atoms with Crippen molar-refractivity contribution in [3.63, 3.8) is 0 Å². The smallest absolute Gasteiger partial charge is 0.237 e. The van der Waals surface area contributed by atoms with Gasteiger partial charge in [0, 0.05) is 16.3 Å². The first-order valence-corrected chi connectivity index (χ1v) is 8.73. The summed E-state index contributed by atoms with van der Waals surface area (Å²) in [5, 5.41) is 10.3. The van der Waals surface area contributed by atoms with E-state index < -0.39 is 10.0 Å². The van der Waals surface area contributed by atoms with Crippen LogP contribution in [0.5, 0.6) is 0 Å². The van der Waals surface area contributed by atoms with Crippen molar-refractivity contribution in [3.05, 3.63) is 65.3 Å². The third kappa shape index (κ3) is 3.29. The molecule has 1 heterocycles. The van der Waals surface area contributed by atoms with Crippen LogP contribution in [0.4, 0.5) is 0 Å². The van der Waals surface area contributed by atoms with Crippen molar-refractivity contribution in [2.24, 2.45) is 5.14 Å². The first-order chi connectivity index (χ1) is 10.8. The third-order valence-electron chi connectivity index (χ3n) is 3.44. The van der Waals surface area contributed by atoms with E-state index in [4.69, 9.17) is 16.7 Å². The lowest BCUT2D eigenvalue weighted by Gasteiger charge is -2.04. The van der Waals surface area contributed by atoms with Gasteiger partial charge in [0.2, 0.25) is 10.0 Å². The predicted octanol–water partition coefficient (Wildman–Crippen LogP) is 3.15. The summed E-state index contributed by atoms with van der Waals surface area (Å²) in [6, 6.07) is 15.6. The van der Waals surface area contributed by atoms with Crippen molar-refractivity contribution >= 4 is 21.6 Å². The monoisotopic (exact) mass is 347 g/mol. The second-order valence-corrected chi connectivity index (χ2v) is 7.13. The highest BCUT2D eigenvalue weighted by atomic mass is 35.5. The molecule has 3 rings (SSSR count). The van der Waals surface area contributed by atoms with Crippen LogP contribution in [0.3, 0.4) is 0 Å². The van der Waals surface area contributed by atoms with E-state index in [9.17, 15) is 8.42 Å². The fraction of sp³-hybridized carbons (Fsp3) is 0.0625. The first-order valence-electron chi connectivity index (χ1n) is 6.80. The summed E-state index contributed by atoms with van der Waals surface area (Å²) in [6.45, 7) is 1.95. The second kappa shape index (κ2) is 5.81. The molecule has 2 aromatic carbocycles. The summed E-state index contributed by atoms with van der Waals surface area (Å²) in [7, 11) is -3.69. The number of hydrogen-bond donors (Lipinski definition) is 1. The average Bonchev–Trinajstić information content (AvgIpc) is 2.89. The maximum absolute atomic E-state index is 11.3. The van der Waals surface area contributed by atoms with E-state index in [0.29, 0.717) is 5.02 Å². The predicted molar refractivity (Wildman–Crippen MR) is 90.1 cm³/mol. The van der Waals surface area contributed by atoms with Crippen molar-refractivity contribution in [2.45, 2.75) is 11.8 Å². The summed E-state index contributed by atoms with van der Waals surface area (Å²) in [6.07, 6.45) is 0.